The second-order valence-corrected chi connectivity index (χ2v) is 4.10. The number of nitrogens with zero attached hydrogens (tertiary/aromatic N) is 1. The van der Waals surface area contributed by atoms with Crippen molar-refractivity contribution in [3.8, 4) is 0 Å². The van der Waals surface area contributed by atoms with Crippen molar-refractivity contribution in [1.29, 1.82) is 0 Å². The van der Waals surface area contributed by atoms with Gasteiger partial charge in [0, 0.05) is 19.1 Å². The van der Waals surface area contributed by atoms with E-state index < -0.39 is 0 Å². The fourth-order valence-corrected chi connectivity index (χ4v) is 2.16. The predicted octanol–water partition coefficient (Wildman–Crippen LogP) is -0.0127. The highest BCUT2D eigenvalue weighted by Crippen LogP contribution is 2.08. The Labute approximate surface area is 84.6 Å². The fourth-order valence-electron chi connectivity index (χ4n) is 2.16. The van der Waals surface area contributed by atoms with E-state index in [-0.39, 0.29) is 5.97 Å². The first kappa shape index (κ1) is 9.93. The molecule has 4 heteroatoms. The summed E-state index contributed by atoms with van der Waals surface area (Å²) in [6.45, 7) is 4.17. The van der Waals surface area contributed by atoms with Gasteiger partial charge in [0.2, 0.25) is 0 Å². The summed E-state index contributed by atoms with van der Waals surface area (Å²) in [5, 5.41) is 3.45. The Hall–Kier alpha value is -0.610. The topological polar surface area (TPSA) is 41.6 Å². The monoisotopic (exact) mass is 198 g/mol. The number of carbonyl (C=O) groups is 1. The molecule has 0 bridgehead atoms. The summed E-state index contributed by atoms with van der Waals surface area (Å²) < 4.78 is 5.00. The lowest BCUT2D eigenvalue weighted by molar-refractivity contribution is -0.142. The van der Waals surface area contributed by atoms with E-state index in [1.165, 1.54) is 12.8 Å². The summed E-state index contributed by atoms with van der Waals surface area (Å²) in [4.78, 5) is 13.4. The average Bonchev–Trinajstić information content (AvgIpc) is 2.56. The van der Waals surface area contributed by atoms with Gasteiger partial charge < -0.3 is 10.1 Å². The molecule has 0 aliphatic carbocycles. The molecule has 2 aliphatic rings. The average molecular weight is 198 g/mol. The molecule has 0 saturated carbocycles. The van der Waals surface area contributed by atoms with Gasteiger partial charge in [-0.1, -0.05) is 0 Å². The maximum absolute atomic E-state index is 11.2. The van der Waals surface area contributed by atoms with Crippen LogP contribution in [-0.2, 0) is 9.53 Å². The van der Waals surface area contributed by atoms with Crippen molar-refractivity contribution in [1.82, 2.24) is 10.2 Å². The lowest BCUT2D eigenvalue weighted by atomic mass is 10.2. The molecule has 2 fully saturated rings. The van der Waals surface area contributed by atoms with Crippen LogP contribution in [0.15, 0.2) is 0 Å². The Morgan fingerprint density at radius 1 is 1.50 bits per heavy atom. The lowest BCUT2D eigenvalue weighted by Gasteiger charge is -2.21. The second-order valence-electron chi connectivity index (χ2n) is 4.10. The van der Waals surface area contributed by atoms with Gasteiger partial charge in [0.1, 0.15) is 0 Å². The third kappa shape index (κ3) is 2.69. The molecule has 80 valence electrons. The quantitative estimate of drug-likeness (QED) is 0.634. The van der Waals surface area contributed by atoms with Gasteiger partial charge in [0.15, 0.2) is 0 Å². The maximum Gasteiger partial charge on any atom is 0.320 e. The van der Waals surface area contributed by atoms with Crippen LogP contribution in [0.3, 0.4) is 0 Å². The molecule has 2 saturated heterocycles. The van der Waals surface area contributed by atoms with E-state index in [0.717, 1.165) is 26.1 Å². The van der Waals surface area contributed by atoms with Crippen molar-refractivity contribution in [3.63, 3.8) is 0 Å². The highest BCUT2D eigenvalue weighted by Gasteiger charge is 2.21. The van der Waals surface area contributed by atoms with Crippen molar-refractivity contribution >= 4 is 5.97 Å². The number of ether oxygens (including phenoxy) is 1. The third-order valence-electron chi connectivity index (χ3n) is 2.88. The lowest BCUT2D eigenvalue weighted by Crippen LogP contribution is -2.39. The van der Waals surface area contributed by atoms with Gasteiger partial charge in [-0.25, -0.2) is 0 Å². The van der Waals surface area contributed by atoms with Gasteiger partial charge in [-0.05, 0) is 25.8 Å². The molecular weight excluding hydrogens is 180 g/mol. The summed E-state index contributed by atoms with van der Waals surface area (Å²) in [7, 11) is 0. The Balaban J connectivity index is 1.79. The summed E-state index contributed by atoms with van der Waals surface area (Å²) in [5.41, 5.74) is 0. The Kier molecular flexibility index (Phi) is 3.37. The van der Waals surface area contributed by atoms with Crippen LogP contribution < -0.4 is 5.32 Å². The zero-order valence-corrected chi connectivity index (χ0v) is 8.50. The van der Waals surface area contributed by atoms with Gasteiger partial charge in [-0.2, -0.15) is 0 Å². The van der Waals surface area contributed by atoms with Crippen molar-refractivity contribution < 1.29 is 9.53 Å². The zero-order chi connectivity index (χ0) is 9.80. The van der Waals surface area contributed by atoms with E-state index in [4.69, 9.17) is 4.74 Å². The van der Waals surface area contributed by atoms with Crippen molar-refractivity contribution in [2.75, 3.05) is 32.8 Å². The second kappa shape index (κ2) is 4.75. The van der Waals surface area contributed by atoms with E-state index >= 15 is 0 Å². The van der Waals surface area contributed by atoms with Crippen LogP contribution in [0.5, 0.6) is 0 Å². The number of cyclic esters (lactones) is 1. The SMILES string of the molecule is O=C1CN(CC2CCCN2)CCCO1. The number of nitrogens with one attached hydrogen (secondary N) is 1. The molecule has 1 N–H and O–H groups in total. The molecule has 0 aromatic carbocycles. The van der Waals surface area contributed by atoms with Crippen LogP contribution in [0.25, 0.3) is 0 Å². The minimum atomic E-state index is -0.0690. The number of rotatable bonds is 2. The van der Waals surface area contributed by atoms with Crippen molar-refractivity contribution in [2.24, 2.45) is 0 Å². The smallest absolute Gasteiger partial charge is 0.320 e. The molecule has 2 rings (SSSR count). The molecular formula is C10H18N2O2. The summed E-state index contributed by atoms with van der Waals surface area (Å²) in [6, 6.07) is 0.584. The van der Waals surface area contributed by atoms with Crippen LogP contribution in [0, 0.1) is 0 Å². The van der Waals surface area contributed by atoms with Crippen LogP contribution in [0.2, 0.25) is 0 Å². The highest BCUT2D eigenvalue weighted by atomic mass is 16.5. The molecule has 4 nitrogen and oxygen atoms in total. The van der Waals surface area contributed by atoms with E-state index in [1.807, 2.05) is 0 Å². The number of esters is 1. The minimum Gasteiger partial charge on any atom is -0.465 e. The van der Waals surface area contributed by atoms with E-state index in [1.54, 1.807) is 0 Å². The van der Waals surface area contributed by atoms with Gasteiger partial charge in [0.05, 0.1) is 13.2 Å². The van der Waals surface area contributed by atoms with Gasteiger partial charge in [-0.15, -0.1) is 0 Å². The molecule has 1 atom stereocenters. The first-order valence-electron chi connectivity index (χ1n) is 5.46. The summed E-state index contributed by atoms with van der Waals surface area (Å²) >= 11 is 0. The maximum atomic E-state index is 11.2. The number of hydrogen-bond acceptors (Lipinski definition) is 4. The minimum absolute atomic E-state index is 0.0690. The Morgan fingerprint density at radius 3 is 3.21 bits per heavy atom. The largest absolute Gasteiger partial charge is 0.465 e. The van der Waals surface area contributed by atoms with Gasteiger partial charge in [0.25, 0.3) is 0 Å². The van der Waals surface area contributed by atoms with Crippen LogP contribution >= 0.6 is 0 Å². The molecule has 0 spiro atoms. The molecule has 2 heterocycles. The molecule has 2 aliphatic heterocycles. The zero-order valence-electron chi connectivity index (χ0n) is 8.50. The van der Waals surface area contributed by atoms with E-state index in [0.29, 0.717) is 19.2 Å². The first-order valence-corrected chi connectivity index (χ1v) is 5.46. The van der Waals surface area contributed by atoms with E-state index in [9.17, 15) is 4.79 Å². The normalized spacial score (nSPS) is 30.0. The van der Waals surface area contributed by atoms with Crippen LogP contribution in [-0.4, -0.2) is 49.7 Å². The van der Waals surface area contributed by atoms with Gasteiger partial charge in [-0.3, -0.25) is 9.69 Å². The Bertz CT molecular complexity index is 202. The molecule has 0 amide bonds. The first-order chi connectivity index (χ1) is 6.84. The highest BCUT2D eigenvalue weighted by molar-refractivity contribution is 5.71. The van der Waals surface area contributed by atoms with Crippen LogP contribution in [0.1, 0.15) is 19.3 Å². The van der Waals surface area contributed by atoms with E-state index in [2.05, 4.69) is 10.2 Å². The third-order valence-corrected chi connectivity index (χ3v) is 2.88. The summed E-state index contributed by atoms with van der Waals surface area (Å²) in [5.74, 6) is -0.0690. The number of hydrogen-bond donors (Lipinski definition) is 1. The van der Waals surface area contributed by atoms with Crippen molar-refractivity contribution in [3.05, 3.63) is 0 Å². The number of carbonyl (C=O) groups excluding carboxylic acids is 1. The Morgan fingerprint density at radius 2 is 2.43 bits per heavy atom. The molecule has 0 aromatic heterocycles. The molecule has 1 unspecified atom stereocenters. The fraction of sp³-hybridized carbons (Fsp3) is 0.900. The predicted molar refractivity (Wildman–Crippen MR) is 53.0 cm³/mol. The van der Waals surface area contributed by atoms with Crippen LogP contribution in [0.4, 0.5) is 0 Å². The summed E-state index contributed by atoms with van der Waals surface area (Å²) in [6.07, 6.45) is 3.48. The van der Waals surface area contributed by atoms with Crippen molar-refractivity contribution in [2.45, 2.75) is 25.3 Å². The molecule has 14 heavy (non-hydrogen) atoms. The molecule has 0 radical (unpaired) electrons. The standard InChI is InChI=1S/C10H18N2O2/c13-10-8-12(5-2-6-14-10)7-9-3-1-4-11-9/h9,11H,1-8H2. The molecule has 0 aromatic rings. The van der Waals surface area contributed by atoms with Gasteiger partial charge >= 0.3 is 5.97 Å².